The van der Waals surface area contributed by atoms with Gasteiger partial charge in [0.2, 0.25) is 0 Å². The molecule has 164 valence electrons. The molecular formula is C24H30N4O3. The van der Waals surface area contributed by atoms with Crippen molar-refractivity contribution in [3.8, 4) is 0 Å². The quantitative estimate of drug-likeness (QED) is 0.624. The highest BCUT2D eigenvalue weighted by molar-refractivity contribution is 5.99. The molecule has 0 bridgehead atoms. The molecule has 7 heteroatoms. The lowest BCUT2D eigenvalue weighted by Crippen LogP contribution is -2.55. The van der Waals surface area contributed by atoms with Gasteiger partial charge in [0.15, 0.2) is 0 Å². The Bertz CT molecular complexity index is 957. The molecule has 0 spiro atoms. The summed E-state index contributed by atoms with van der Waals surface area (Å²) in [7, 11) is 0. The number of fused-ring (bicyclic) bond motifs is 1. The van der Waals surface area contributed by atoms with Crippen molar-refractivity contribution in [1.29, 1.82) is 0 Å². The fourth-order valence-corrected chi connectivity index (χ4v) is 3.78. The predicted molar refractivity (Wildman–Crippen MR) is 121 cm³/mol. The lowest BCUT2D eigenvalue weighted by Gasteiger charge is -2.30. The maximum atomic E-state index is 12.7. The molecule has 0 aliphatic carbocycles. The van der Waals surface area contributed by atoms with Crippen LogP contribution in [0.3, 0.4) is 0 Å². The van der Waals surface area contributed by atoms with E-state index >= 15 is 0 Å². The third-order valence-electron chi connectivity index (χ3n) is 5.49. The zero-order valence-electron chi connectivity index (χ0n) is 18.3. The predicted octanol–water partition coefficient (Wildman–Crippen LogP) is 2.35. The first-order valence-corrected chi connectivity index (χ1v) is 10.6. The zero-order chi connectivity index (χ0) is 22.4. The molecule has 2 aromatic carbocycles. The number of carbonyl (C=O) groups excluding carboxylic acids is 3. The number of hydrogen-bond acceptors (Lipinski definition) is 4. The van der Waals surface area contributed by atoms with Gasteiger partial charge in [0.25, 0.3) is 17.7 Å². The van der Waals surface area contributed by atoms with Crippen molar-refractivity contribution in [1.82, 2.24) is 16.2 Å². The molecule has 7 nitrogen and oxygen atoms in total. The average Bonchev–Trinajstić information content (AvgIpc) is 2.76. The van der Waals surface area contributed by atoms with Gasteiger partial charge in [-0.05, 0) is 48.9 Å². The van der Waals surface area contributed by atoms with E-state index in [-0.39, 0.29) is 24.3 Å². The smallest absolute Gasteiger partial charge is 0.261 e. The maximum Gasteiger partial charge on any atom is 0.261 e. The molecule has 2 aromatic rings. The summed E-state index contributed by atoms with van der Waals surface area (Å²) < 4.78 is 0. The van der Waals surface area contributed by atoms with Gasteiger partial charge in [-0.25, -0.2) is 0 Å². The molecule has 0 saturated heterocycles. The van der Waals surface area contributed by atoms with Crippen molar-refractivity contribution in [2.24, 2.45) is 5.92 Å². The lowest BCUT2D eigenvalue weighted by molar-refractivity contribution is -0.130. The Balaban J connectivity index is 1.56. The topological polar surface area (TPSA) is 90.5 Å². The van der Waals surface area contributed by atoms with E-state index in [1.165, 1.54) is 5.56 Å². The fraction of sp³-hybridized carbons (Fsp3) is 0.375. The van der Waals surface area contributed by atoms with Crippen LogP contribution in [0.25, 0.3) is 0 Å². The first kappa shape index (κ1) is 22.3. The molecule has 31 heavy (non-hydrogen) atoms. The molecule has 0 aromatic heterocycles. The summed E-state index contributed by atoms with van der Waals surface area (Å²) in [5.74, 6) is -1.23. The Hall–Kier alpha value is -3.35. The Labute approximate surface area is 183 Å². The SMILES string of the molecule is Cc1ccccc1C(=O)NC(C(=O)NNC(=O)CN1CCCc2ccccc21)C(C)C. The minimum atomic E-state index is -0.775. The number of para-hydroxylation sites is 1. The second-order valence-corrected chi connectivity index (χ2v) is 8.20. The first-order chi connectivity index (χ1) is 14.9. The molecule has 1 heterocycles. The first-order valence-electron chi connectivity index (χ1n) is 10.6. The lowest BCUT2D eigenvalue weighted by atomic mass is 10.0. The number of amides is 3. The highest BCUT2D eigenvalue weighted by Crippen LogP contribution is 2.26. The molecule has 1 atom stereocenters. The Morgan fingerprint density at radius 2 is 1.71 bits per heavy atom. The van der Waals surface area contributed by atoms with Crippen LogP contribution >= 0.6 is 0 Å². The van der Waals surface area contributed by atoms with Crippen molar-refractivity contribution in [2.45, 2.75) is 39.7 Å². The molecule has 3 rings (SSSR count). The van der Waals surface area contributed by atoms with Crippen molar-refractivity contribution in [3.05, 3.63) is 65.2 Å². The van der Waals surface area contributed by atoms with Gasteiger partial charge >= 0.3 is 0 Å². The van der Waals surface area contributed by atoms with Crippen LogP contribution in [0.15, 0.2) is 48.5 Å². The summed E-state index contributed by atoms with van der Waals surface area (Å²) in [5, 5.41) is 2.78. The van der Waals surface area contributed by atoms with Crippen LogP contribution in [0.2, 0.25) is 0 Å². The van der Waals surface area contributed by atoms with Crippen LogP contribution in [-0.4, -0.2) is 36.9 Å². The van der Waals surface area contributed by atoms with Crippen molar-refractivity contribution < 1.29 is 14.4 Å². The number of nitrogens with zero attached hydrogens (tertiary/aromatic N) is 1. The normalized spacial score (nSPS) is 13.9. The third kappa shape index (κ3) is 5.63. The van der Waals surface area contributed by atoms with Gasteiger partial charge in [-0.3, -0.25) is 25.2 Å². The van der Waals surface area contributed by atoms with Crippen LogP contribution < -0.4 is 21.1 Å². The van der Waals surface area contributed by atoms with Crippen molar-refractivity contribution in [3.63, 3.8) is 0 Å². The van der Waals surface area contributed by atoms with E-state index in [0.29, 0.717) is 5.56 Å². The molecule has 3 amide bonds. The highest BCUT2D eigenvalue weighted by Gasteiger charge is 2.26. The molecule has 0 saturated carbocycles. The third-order valence-corrected chi connectivity index (χ3v) is 5.49. The van der Waals surface area contributed by atoms with Crippen LogP contribution in [-0.2, 0) is 16.0 Å². The second kappa shape index (κ2) is 10.1. The van der Waals surface area contributed by atoms with Gasteiger partial charge in [-0.15, -0.1) is 0 Å². The summed E-state index contributed by atoms with van der Waals surface area (Å²) >= 11 is 0. The maximum absolute atomic E-state index is 12.7. The number of benzene rings is 2. The summed E-state index contributed by atoms with van der Waals surface area (Å²) in [6, 6.07) is 14.5. The van der Waals surface area contributed by atoms with E-state index < -0.39 is 11.9 Å². The van der Waals surface area contributed by atoms with Crippen molar-refractivity contribution in [2.75, 3.05) is 18.0 Å². The highest BCUT2D eigenvalue weighted by atomic mass is 16.2. The monoisotopic (exact) mass is 422 g/mol. The molecular weight excluding hydrogens is 392 g/mol. The molecule has 1 unspecified atom stereocenters. The van der Waals surface area contributed by atoms with Gasteiger partial charge < -0.3 is 10.2 Å². The van der Waals surface area contributed by atoms with E-state index in [2.05, 4.69) is 22.2 Å². The number of carbonyl (C=O) groups is 3. The van der Waals surface area contributed by atoms with Gasteiger partial charge in [-0.1, -0.05) is 50.2 Å². The number of nitrogens with one attached hydrogen (secondary N) is 3. The largest absolute Gasteiger partial charge is 0.362 e. The van der Waals surface area contributed by atoms with Crippen LogP contribution in [0.1, 0.15) is 41.8 Å². The minimum Gasteiger partial charge on any atom is -0.362 e. The summed E-state index contributed by atoms with van der Waals surface area (Å²) in [6.45, 7) is 6.47. The van der Waals surface area contributed by atoms with Gasteiger partial charge in [-0.2, -0.15) is 0 Å². The van der Waals surface area contributed by atoms with Crippen LogP contribution in [0.5, 0.6) is 0 Å². The second-order valence-electron chi connectivity index (χ2n) is 8.20. The van der Waals surface area contributed by atoms with E-state index in [1.54, 1.807) is 12.1 Å². The number of hydrazine groups is 1. The average molecular weight is 423 g/mol. The standard InChI is InChI=1S/C24H30N4O3/c1-16(2)22(25-23(30)19-12-6-4-9-17(19)3)24(31)27-26-21(29)15-28-14-8-11-18-10-5-7-13-20(18)28/h4-7,9-10,12-13,16,22H,8,11,14-15H2,1-3H3,(H,25,30)(H,26,29)(H,27,31). The van der Waals surface area contributed by atoms with E-state index in [4.69, 9.17) is 0 Å². The Morgan fingerprint density at radius 3 is 2.45 bits per heavy atom. The van der Waals surface area contributed by atoms with Gasteiger partial charge in [0.05, 0.1) is 6.54 Å². The number of anilines is 1. The Morgan fingerprint density at radius 1 is 1.00 bits per heavy atom. The molecule has 3 N–H and O–H groups in total. The van der Waals surface area contributed by atoms with E-state index in [1.807, 2.05) is 56.0 Å². The molecule has 1 aliphatic rings. The van der Waals surface area contributed by atoms with Crippen molar-refractivity contribution >= 4 is 23.4 Å². The molecule has 0 radical (unpaired) electrons. The van der Waals surface area contributed by atoms with E-state index in [9.17, 15) is 14.4 Å². The summed E-state index contributed by atoms with van der Waals surface area (Å²) in [5.41, 5.74) is 8.59. The Kier molecular flexibility index (Phi) is 7.28. The molecule has 1 aliphatic heterocycles. The van der Waals surface area contributed by atoms with Gasteiger partial charge in [0.1, 0.15) is 6.04 Å². The van der Waals surface area contributed by atoms with Gasteiger partial charge in [0, 0.05) is 17.8 Å². The number of rotatable bonds is 6. The summed E-state index contributed by atoms with van der Waals surface area (Å²) in [6.07, 6.45) is 1.98. The fourth-order valence-electron chi connectivity index (χ4n) is 3.78. The minimum absolute atomic E-state index is 0.152. The number of aryl methyl sites for hydroxylation is 2. The number of hydrogen-bond donors (Lipinski definition) is 3. The van der Waals surface area contributed by atoms with Crippen LogP contribution in [0, 0.1) is 12.8 Å². The van der Waals surface area contributed by atoms with Crippen LogP contribution in [0.4, 0.5) is 5.69 Å². The molecule has 0 fully saturated rings. The zero-order valence-corrected chi connectivity index (χ0v) is 18.3. The van der Waals surface area contributed by atoms with E-state index in [0.717, 1.165) is 30.6 Å². The summed E-state index contributed by atoms with van der Waals surface area (Å²) in [4.78, 5) is 39.8.